The summed E-state index contributed by atoms with van der Waals surface area (Å²) in [7, 11) is 0. The van der Waals surface area contributed by atoms with Gasteiger partial charge in [-0.15, -0.1) is 8.75 Å². The molecule has 0 aliphatic carbocycles. The van der Waals surface area contributed by atoms with Gasteiger partial charge in [0, 0.05) is 6.54 Å². The third kappa shape index (κ3) is 3.86. The molecule has 118 valence electrons. The maximum absolute atomic E-state index is 6.11. The zero-order valence-corrected chi connectivity index (χ0v) is 13.6. The van der Waals surface area contributed by atoms with Crippen LogP contribution in [0.5, 0.6) is 11.8 Å². The summed E-state index contributed by atoms with van der Waals surface area (Å²) in [5.74, 6) is 1.87. The Balaban J connectivity index is 1.48. The van der Waals surface area contributed by atoms with Crippen LogP contribution in [-0.2, 0) is 0 Å². The predicted molar refractivity (Wildman–Crippen MR) is 83.1 cm³/mol. The van der Waals surface area contributed by atoms with Gasteiger partial charge in [0.1, 0.15) is 6.10 Å². The van der Waals surface area contributed by atoms with Crippen LogP contribution in [0.3, 0.4) is 0 Å². The molecule has 3 saturated heterocycles. The first-order valence-electron chi connectivity index (χ1n) is 8.21. The van der Waals surface area contributed by atoms with Crippen molar-refractivity contribution in [1.29, 1.82) is 0 Å². The Morgan fingerprint density at radius 1 is 1.14 bits per heavy atom. The molecular formula is C15H25N3O2S. The molecule has 1 atom stereocenters. The molecule has 4 rings (SSSR count). The molecule has 0 unspecified atom stereocenters. The largest absolute Gasteiger partial charge is 0.473 e. The molecular weight excluding hydrogens is 286 g/mol. The molecule has 3 aliphatic heterocycles. The molecule has 4 heterocycles. The summed E-state index contributed by atoms with van der Waals surface area (Å²) in [6.45, 7) is 6.40. The summed E-state index contributed by atoms with van der Waals surface area (Å²) >= 11 is 1.18. The average molecular weight is 311 g/mol. The molecule has 0 amide bonds. The predicted octanol–water partition coefficient (Wildman–Crippen LogP) is 2.97. The van der Waals surface area contributed by atoms with Gasteiger partial charge in [-0.3, -0.25) is 4.90 Å². The lowest BCUT2D eigenvalue weighted by Gasteiger charge is -2.43. The second kappa shape index (κ2) is 7.40. The van der Waals surface area contributed by atoms with Gasteiger partial charge in [0.25, 0.3) is 11.8 Å². The summed E-state index contributed by atoms with van der Waals surface area (Å²) in [6.07, 6.45) is 7.55. The topological polar surface area (TPSA) is 47.5 Å². The highest BCUT2D eigenvalue weighted by Gasteiger charge is 2.36. The zero-order valence-electron chi connectivity index (χ0n) is 12.8. The van der Waals surface area contributed by atoms with E-state index in [2.05, 4.69) is 20.6 Å². The summed E-state index contributed by atoms with van der Waals surface area (Å²) in [6, 6.07) is 0. The van der Waals surface area contributed by atoms with Crippen LogP contribution in [0.25, 0.3) is 0 Å². The Morgan fingerprint density at radius 2 is 1.95 bits per heavy atom. The molecule has 5 nitrogen and oxygen atoms in total. The molecule has 0 spiro atoms. The lowest BCUT2D eigenvalue weighted by atomic mass is 9.86. The van der Waals surface area contributed by atoms with Gasteiger partial charge in [0.15, 0.2) is 0 Å². The molecule has 1 aromatic rings. The van der Waals surface area contributed by atoms with Crippen molar-refractivity contribution in [3.8, 4) is 11.8 Å². The third-order valence-electron chi connectivity index (χ3n) is 4.53. The minimum absolute atomic E-state index is 0.263. The minimum atomic E-state index is 0.263. The normalized spacial score (nSPS) is 27.8. The van der Waals surface area contributed by atoms with Gasteiger partial charge in [0.05, 0.1) is 18.3 Å². The Bertz CT molecular complexity index is 432. The minimum Gasteiger partial charge on any atom is -0.473 e. The monoisotopic (exact) mass is 311 g/mol. The number of nitrogens with zero attached hydrogens (tertiary/aromatic N) is 3. The third-order valence-corrected chi connectivity index (χ3v) is 5.02. The number of unbranched alkanes of at least 4 members (excludes halogenated alkanes) is 3. The zero-order chi connectivity index (χ0) is 14.5. The molecule has 0 saturated carbocycles. The molecule has 6 heteroatoms. The Hall–Kier alpha value is -0.880. The fourth-order valence-corrected chi connectivity index (χ4v) is 3.66. The van der Waals surface area contributed by atoms with E-state index in [4.69, 9.17) is 9.47 Å². The number of hydrogen-bond acceptors (Lipinski definition) is 6. The molecule has 0 radical (unpaired) electrons. The van der Waals surface area contributed by atoms with Gasteiger partial charge in [-0.25, -0.2) is 0 Å². The Morgan fingerprint density at radius 3 is 2.67 bits per heavy atom. The van der Waals surface area contributed by atoms with E-state index in [0.717, 1.165) is 13.0 Å². The van der Waals surface area contributed by atoms with Crippen LogP contribution >= 0.6 is 11.7 Å². The molecule has 21 heavy (non-hydrogen) atoms. The van der Waals surface area contributed by atoms with E-state index in [-0.39, 0.29) is 6.10 Å². The van der Waals surface area contributed by atoms with Gasteiger partial charge in [0.2, 0.25) is 0 Å². The highest BCUT2D eigenvalue weighted by Crippen LogP contribution is 2.33. The van der Waals surface area contributed by atoms with Crippen molar-refractivity contribution in [2.75, 3.05) is 26.2 Å². The maximum Gasteiger partial charge on any atom is 0.291 e. The molecule has 1 aromatic heterocycles. The van der Waals surface area contributed by atoms with Crippen LogP contribution in [0.15, 0.2) is 0 Å². The van der Waals surface area contributed by atoms with Crippen molar-refractivity contribution in [3.05, 3.63) is 0 Å². The van der Waals surface area contributed by atoms with Crippen LogP contribution in [0.4, 0.5) is 0 Å². The first kappa shape index (κ1) is 15.0. The molecule has 3 aliphatic rings. The Kier molecular flexibility index (Phi) is 5.30. The lowest BCUT2D eigenvalue weighted by molar-refractivity contribution is -0.0110. The van der Waals surface area contributed by atoms with Gasteiger partial charge in [-0.05, 0) is 38.3 Å². The van der Waals surface area contributed by atoms with E-state index in [9.17, 15) is 0 Å². The van der Waals surface area contributed by atoms with E-state index in [1.54, 1.807) is 0 Å². The van der Waals surface area contributed by atoms with Crippen LogP contribution in [-0.4, -0.2) is 46.0 Å². The highest BCUT2D eigenvalue weighted by atomic mass is 32.1. The summed E-state index contributed by atoms with van der Waals surface area (Å²) < 4.78 is 20.4. The highest BCUT2D eigenvalue weighted by molar-refractivity contribution is 6.99. The fraction of sp³-hybridized carbons (Fsp3) is 0.867. The molecule has 0 aromatic carbocycles. The number of fused-ring (bicyclic) bond motifs is 3. The fourth-order valence-electron chi connectivity index (χ4n) is 3.22. The van der Waals surface area contributed by atoms with E-state index >= 15 is 0 Å². The summed E-state index contributed by atoms with van der Waals surface area (Å²) in [4.78, 5) is 2.48. The van der Waals surface area contributed by atoms with Crippen LogP contribution in [0.1, 0.15) is 45.4 Å². The summed E-state index contributed by atoms with van der Waals surface area (Å²) in [5, 5.41) is 0. The van der Waals surface area contributed by atoms with E-state index < -0.39 is 0 Å². The second-order valence-electron chi connectivity index (χ2n) is 6.08. The number of ether oxygens (including phenoxy) is 2. The van der Waals surface area contributed by atoms with Crippen molar-refractivity contribution in [2.24, 2.45) is 5.92 Å². The van der Waals surface area contributed by atoms with Gasteiger partial charge >= 0.3 is 0 Å². The van der Waals surface area contributed by atoms with E-state index in [0.29, 0.717) is 24.3 Å². The van der Waals surface area contributed by atoms with Gasteiger partial charge in [-0.1, -0.05) is 26.2 Å². The van der Waals surface area contributed by atoms with Crippen LogP contribution in [0.2, 0.25) is 0 Å². The van der Waals surface area contributed by atoms with Crippen LogP contribution < -0.4 is 9.47 Å². The number of rotatable bonds is 8. The lowest BCUT2D eigenvalue weighted by Crippen LogP contribution is -2.52. The van der Waals surface area contributed by atoms with E-state index in [1.165, 1.54) is 56.9 Å². The number of hydrogen-bond donors (Lipinski definition) is 0. The number of aromatic nitrogens is 2. The van der Waals surface area contributed by atoms with Crippen molar-refractivity contribution < 1.29 is 9.47 Å². The molecule has 0 N–H and O–H groups in total. The van der Waals surface area contributed by atoms with Crippen molar-refractivity contribution in [2.45, 2.75) is 51.6 Å². The quantitative estimate of drug-likeness (QED) is 0.691. The van der Waals surface area contributed by atoms with Crippen molar-refractivity contribution in [1.82, 2.24) is 13.6 Å². The van der Waals surface area contributed by atoms with Crippen molar-refractivity contribution in [3.63, 3.8) is 0 Å². The van der Waals surface area contributed by atoms with Crippen LogP contribution in [0, 0.1) is 5.92 Å². The van der Waals surface area contributed by atoms with Crippen molar-refractivity contribution >= 4 is 11.7 Å². The summed E-state index contributed by atoms with van der Waals surface area (Å²) in [5.41, 5.74) is 0. The Labute approximate surface area is 131 Å². The van der Waals surface area contributed by atoms with Gasteiger partial charge < -0.3 is 9.47 Å². The molecule has 2 bridgehead atoms. The standard InChI is InChI=1S/C15H25N3O2S/c1-2-3-4-5-10-19-14-15(17-21-16-14)20-13-11-18-8-6-12(13)7-9-18/h12-13H,2-11H2,1H3/t13-/m0/s1. The first-order valence-corrected chi connectivity index (χ1v) is 8.94. The second-order valence-corrected chi connectivity index (χ2v) is 6.61. The smallest absolute Gasteiger partial charge is 0.291 e. The first-order chi connectivity index (χ1) is 10.4. The average Bonchev–Trinajstić information content (AvgIpc) is 2.95. The number of piperidine rings is 3. The van der Waals surface area contributed by atoms with E-state index in [1.807, 2.05) is 0 Å². The molecule has 3 fully saturated rings. The SMILES string of the molecule is CCCCCCOc1nsnc1O[C@H]1CN2CCC1CC2. The maximum atomic E-state index is 6.11. The van der Waals surface area contributed by atoms with Gasteiger partial charge in [-0.2, -0.15) is 0 Å².